The van der Waals surface area contributed by atoms with Crippen LogP contribution < -0.4 is 16.8 Å². The van der Waals surface area contributed by atoms with Crippen molar-refractivity contribution in [2.45, 2.75) is 85.4 Å². The number of hydrogen-bond donors (Lipinski definition) is 3. The van der Waals surface area contributed by atoms with E-state index in [2.05, 4.69) is 78.1 Å². The molecule has 4 rings (SSSR count). The maximum absolute atomic E-state index is 6.73. The van der Waals surface area contributed by atoms with Crippen LogP contribution in [0, 0.1) is 17.8 Å². The van der Waals surface area contributed by atoms with E-state index < -0.39 is 0 Å². The van der Waals surface area contributed by atoms with Crippen molar-refractivity contribution in [3.8, 4) is 0 Å². The molecule has 228 valence electrons. The molecule has 3 heterocycles. The summed E-state index contributed by atoms with van der Waals surface area (Å²) < 4.78 is 1.19. The van der Waals surface area contributed by atoms with Crippen molar-refractivity contribution in [3.63, 3.8) is 0 Å². The van der Waals surface area contributed by atoms with Crippen molar-refractivity contribution in [1.29, 1.82) is 0 Å². The van der Waals surface area contributed by atoms with E-state index in [1.165, 1.54) is 94.4 Å². The highest BCUT2D eigenvalue weighted by Gasteiger charge is 2.31. The van der Waals surface area contributed by atoms with Gasteiger partial charge >= 0.3 is 0 Å². The van der Waals surface area contributed by atoms with E-state index in [0.717, 1.165) is 44.3 Å². The van der Waals surface area contributed by atoms with Gasteiger partial charge in [-0.25, -0.2) is 0 Å². The number of hydrogen-bond acceptors (Lipinski definition) is 4. The number of nitrogens with zero attached hydrogens (tertiary/aromatic N) is 4. The van der Waals surface area contributed by atoms with Crippen molar-refractivity contribution in [1.82, 2.24) is 15.1 Å². The lowest BCUT2D eigenvalue weighted by atomic mass is 9.81. The van der Waals surface area contributed by atoms with E-state index in [0.29, 0.717) is 11.9 Å². The lowest BCUT2D eigenvalue weighted by molar-refractivity contribution is -0.923. The fourth-order valence-corrected chi connectivity index (χ4v) is 7.06. The number of piperidine rings is 1. The molecule has 3 unspecified atom stereocenters. The third-order valence-electron chi connectivity index (χ3n) is 10.2. The van der Waals surface area contributed by atoms with E-state index in [4.69, 9.17) is 11.5 Å². The molecular weight excluding hydrogens is 494 g/mol. The molecule has 3 saturated heterocycles. The highest BCUT2D eigenvalue weighted by Crippen LogP contribution is 2.35. The van der Waals surface area contributed by atoms with Gasteiger partial charge in [0.15, 0.2) is 5.96 Å². The zero-order valence-electron chi connectivity index (χ0n) is 26.4. The number of quaternary nitrogens is 1. The Hall–Kier alpha value is -1.67. The quantitative estimate of drug-likeness (QED) is 0.0816. The van der Waals surface area contributed by atoms with Gasteiger partial charge in [-0.2, -0.15) is 0 Å². The molecule has 2 bridgehead atoms. The standard InChI is InChI=1S/C33H62N7/c1-5-40(6-2,7-3)26-12-11-21-36-32(34)37-33(35)39(25-17-29-13-9-8-10-14-29)27-28(4)15-16-30-18-22-38-23-19-31(30)20-24-38/h8-10,13-14,28,30-31,33H,5-7,11-12,15-27,35H2,1-4H3,(H3,34,36,37)/q+1. The fraction of sp³-hybridized carbons (Fsp3) is 0.788. The summed E-state index contributed by atoms with van der Waals surface area (Å²) in [5.74, 6) is 2.91. The minimum absolute atomic E-state index is 0.333. The molecule has 0 aliphatic carbocycles. The smallest absolute Gasteiger partial charge is 0.190 e. The Morgan fingerprint density at radius 1 is 1.05 bits per heavy atom. The molecule has 0 radical (unpaired) electrons. The fourth-order valence-electron chi connectivity index (χ4n) is 7.06. The molecule has 0 saturated carbocycles. The van der Waals surface area contributed by atoms with Crippen molar-refractivity contribution in [2.24, 2.45) is 34.2 Å². The highest BCUT2D eigenvalue weighted by molar-refractivity contribution is 5.78. The van der Waals surface area contributed by atoms with Crippen LogP contribution in [0.25, 0.3) is 0 Å². The van der Waals surface area contributed by atoms with Crippen LogP contribution in [0.3, 0.4) is 0 Å². The van der Waals surface area contributed by atoms with Gasteiger partial charge in [0.05, 0.1) is 26.2 Å². The molecular formula is C33H62N7+. The Balaban J connectivity index is 1.49. The molecule has 0 spiro atoms. The van der Waals surface area contributed by atoms with Crippen molar-refractivity contribution < 1.29 is 4.48 Å². The lowest BCUT2D eigenvalue weighted by Crippen LogP contribution is -2.57. The first-order valence-corrected chi connectivity index (χ1v) is 16.6. The first-order valence-electron chi connectivity index (χ1n) is 16.6. The van der Waals surface area contributed by atoms with Crippen LogP contribution >= 0.6 is 0 Å². The number of benzene rings is 1. The van der Waals surface area contributed by atoms with Gasteiger partial charge < -0.3 is 20.4 Å². The summed E-state index contributed by atoms with van der Waals surface area (Å²) in [4.78, 5) is 9.69. The Morgan fingerprint density at radius 3 is 2.40 bits per heavy atom. The molecule has 1 aromatic rings. The molecule has 7 heteroatoms. The predicted octanol–water partition coefficient (Wildman–Crippen LogP) is 4.48. The van der Waals surface area contributed by atoms with Crippen LogP contribution in [0.2, 0.25) is 0 Å². The molecule has 3 atom stereocenters. The minimum atomic E-state index is -0.333. The summed E-state index contributed by atoms with van der Waals surface area (Å²) in [5, 5.41) is 3.32. The number of unbranched alkanes of at least 4 members (excludes halogenated alkanes) is 1. The topological polar surface area (TPSA) is 82.9 Å². The summed E-state index contributed by atoms with van der Waals surface area (Å²) >= 11 is 0. The second kappa shape index (κ2) is 17.3. The Kier molecular flexibility index (Phi) is 14.2. The van der Waals surface area contributed by atoms with Gasteiger partial charge in [-0.15, -0.1) is 0 Å². The normalized spacial score (nSPS) is 23.2. The monoisotopic (exact) mass is 557 g/mol. The van der Waals surface area contributed by atoms with Crippen LogP contribution in [-0.2, 0) is 6.42 Å². The van der Waals surface area contributed by atoms with E-state index in [-0.39, 0.29) is 6.29 Å². The van der Waals surface area contributed by atoms with Gasteiger partial charge in [-0.3, -0.25) is 15.6 Å². The molecule has 0 amide bonds. The highest BCUT2D eigenvalue weighted by atomic mass is 15.4. The van der Waals surface area contributed by atoms with Crippen molar-refractivity contribution in [2.75, 3.05) is 65.4 Å². The first-order chi connectivity index (χ1) is 19.4. The molecule has 3 aliphatic heterocycles. The van der Waals surface area contributed by atoms with Gasteiger partial charge in [-0.1, -0.05) is 37.3 Å². The third kappa shape index (κ3) is 10.6. The molecule has 1 aromatic carbocycles. The third-order valence-corrected chi connectivity index (χ3v) is 10.2. The lowest BCUT2D eigenvalue weighted by Gasteiger charge is -2.35. The number of nitrogens with one attached hydrogen (secondary N) is 1. The average molecular weight is 557 g/mol. The average Bonchev–Trinajstić information content (AvgIpc) is 3.30. The Morgan fingerprint density at radius 2 is 1.73 bits per heavy atom. The Labute approximate surface area is 246 Å². The summed E-state index contributed by atoms with van der Waals surface area (Å²) in [5.41, 5.74) is 14.4. The van der Waals surface area contributed by atoms with Crippen molar-refractivity contribution in [3.05, 3.63) is 35.9 Å². The number of aliphatic imine (C=N–C) groups is 1. The summed E-state index contributed by atoms with van der Waals surface area (Å²) in [6.07, 6.45) is 9.72. The van der Waals surface area contributed by atoms with Gasteiger partial charge in [0, 0.05) is 19.6 Å². The number of nitrogens with two attached hydrogens (primary N) is 2. The van der Waals surface area contributed by atoms with Crippen LogP contribution in [0.5, 0.6) is 0 Å². The largest absolute Gasteiger partial charge is 0.370 e. The minimum Gasteiger partial charge on any atom is -0.370 e. The van der Waals surface area contributed by atoms with E-state index >= 15 is 0 Å². The summed E-state index contributed by atoms with van der Waals surface area (Å²) in [7, 11) is 0. The number of guanidine groups is 1. The van der Waals surface area contributed by atoms with Gasteiger partial charge in [0.1, 0.15) is 6.29 Å². The van der Waals surface area contributed by atoms with E-state index in [1.54, 1.807) is 0 Å². The second-order valence-electron chi connectivity index (χ2n) is 12.7. The van der Waals surface area contributed by atoms with Crippen LogP contribution in [0.15, 0.2) is 35.3 Å². The zero-order chi connectivity index (χ0) is 28.8. The molecule has 3 aliphatic rings. The molecule has 5 N–H and O–H groups in total. The van der Waals surface area contributed by atoms with Crippen molar-refractivity contribution >= 4 is 5.96 Å². The SMILES string of the molecule is CC[N+](CC)(CC)CCCCN=C(N)NC(N)N(CCc1ccccc1)CC(C)CCC1CCN2CCC1CC2. The molecule has 0 aromatic heterocycles. The maximum atomic E-state index is 6.73. The number of fused-ring (bicyclic) bond motifs is 4. The molecule has 40 heavy (non-hydrogen) atoms. The summed E-state index contributed by atoms with van der Waals surface area (Å²) in [6, 6.07) is 10.7. The maximum Gasteiger partial charge on any atom is 0.190 e. The summed E-state index contributed by atoms with van der Waals surface area (Å²) in [6.45, 7) is 20.7. The van der Waals surface area contributed by atoms with Gasteiger partial charge in [0.2, 0.25) is 0 Å². The van der Waals surface area contributed by atoms with Crippen LogP contribution in [0.1, 0.15) is 78.2 Å². The van der Waals surface area contributed by atoms with Gasteiger partial charge in [-0.05, 0) is 115 Å². The van der Waals surface area contributed by atoms with Crippen LogP contribution in [-0.4, -0.2) is 92.0 Å². The zero-order valence-corrected chi connectivity index (χ0v) is 26.4. The second-order valence-corrected chi connectivity index (χ2v) is 12.7. The predicted molar refractivity (Wildman–Crippen MR) is 171 cm³/mol. The molecule has 7 nitrogen and oxygen atoms in total. The first kappa shape index (κ1) is 32.8. The Bertz CT molecular complexity index is 824. The van der Waals surface area contributed by atoms with Gasteiger partial charge in [0.25, 0.3) is 0 Å². The van der Waals surface area contributed by atoms with Crippen LogP contribution in [0.4, 0.5) is 0 Å². The van der Waals surface area contributed by atoms with E-state index in [1.807, 2.05) is 0 Å². The number of rotatable bonds is 18. The van der Waals surface area contributed by atoms with E-state index in [9.17, 15) is 0 Å². The molecule has 3 fully saturated rings.